The summed E-state index contributed by atoms with van der Waals surface area (Å²) in [4.78, 5) is 1.94. The van der Waals surface area contributed by atoms with Crippen molar-refractivity contribution in [1.82, 2.24) is 4.90 Å². The summed E-state index contributed by atoms with van der Waals surface area (Å²) in [5, 5.41) is 2.34. The Bertz CT molecular complexity index is 774. The van der Waals surface area contributed by atoms with E-state index in [2.05, 4.69) is 69.3 Å². The van der Waals surface area contributed by atoms with Crippen molar-refractivity contribution >= 4 is 29.8 Å². The second-order valence-electron chi connectivity index (χ2n) is 8.83. The second kappa shape index (κ2) is 9.20. The van der Waals surface area contributed by atoms with E-state index in [4.69, 9.17) is 10.2 Å². The lowest BCUT2D eigenvalue weighted by atomic mass is 10.2. The Hall–Kier alpha value is -1.35. The van der Waals surface area contributed by atoms with E-state index in [9.17, 15) is 8.76 Å². The summed E-state index contributed by atoms with van der Waals surface area (Å²) in [7, 11) is -2.63. The molecule has 2 aromatic rings. The number of benzene rings is 2. The lowest BCUT2D eigenvalue weighted by molar-refractivity contribution is 0.181. The van der Waals surface area contributed by atoms with Crippen LogP contribution in [0.25, 0.3) is 0 Å². The number of nitrogens with two attached hydrogens (primary N) is 1. The molecule has 1 fully saturated rings. The van der Waals surface area contributed by atoms with Gasteiger partial charge in [0.05, 0.1) is 12.5 Å². The van der Waals surface area contributed by atoms with E-state index in [0.717, 1.165) is 6.42 Å². The highest BCUT2D eigenvalue weighted by Crippen LogP contribution is 2.37. The fraction of sp³-hybridized carbons (Fsp3) is 0.455. The molecule has 1 saturated heterocycles. The SMILES string of the molecule is CC(C)(C)[Si](OC[C@@H]1C[C@@H](N)CN1CS(=O)[O-])(c1ccccc1)c1ccccc1. The molecule has 0 saturated carbocycles. The van der Waals surface area contributed by atoms with Gasteiger partial charge in [-0.1, -0.05) is 81.4 Å². The van der Waals surface area contributed by atoms with Crippen molar-refractivity contribution in [3.8, 4) is 0 Å². The van der Waals surface area contributed by atoms with E-state index < -0.39 is 19.4 Å². The van der Waals surface area contributed by atoms with Gasteiger partial charge in [0.15, 0.2) is 0 Å². The molecule has 0 aliphatic carbocycles. The van der Waals surface area contributed by atoms with Crippen molar-refractivity contribution in [3.05, 3.63) is 60.7 Å². The maximum Gasteiger partial charge on any atom is 0.261 e. The maximum absolute atomic E-state index is 11.3. The van der Waals surface area contributed by atoms with Gasteiger partial charge in [0, 0.05) is 18.6 Å². The van der Waals surface area contributed by atoms with Gasteiger partial charge in [-0.15, -0.1) is 0 Å². The highest BCUT2D eigenvalue weighted by Gasteiger charge is 2.50. The molecule has 3 rings (SSSR count). The molecule has 0 amide bonds. The molecule has 1 aliphatic heterocycles. The summed E-state index contributed by atoms with van der Waals surface area (Å²) in [6, 6.07) is 20.9. The van der Waals surface area contributed by atoms with Crippen LogP contribution in [0.2, 0.25) is 5.04 Å². The van der Waals surface area contributed by atoms with Gasteiger partial charge in [-0.25, -0.2) is 0 Å². The zero-order valence-electron chi connectivity index (χ0n) is 17.4. The lowest BCUT2D eigenvalue weighted by Gasteiger charge is -2.44. The van der Waals surface area contributed by atoms with Crippen LogP contribution >= 0.6 is 0 Å². The number of nitrogens with zero attached hydrogens (tertiary/aromatic N) is 1. The van der Waals surface area contributed by atoms with Crippen molar-refractivity contribution in [2.24, 2.45) is 5.73 Å². The third kappa shape index (κ3) is 4.87. The van der Waals surface area contributed by atoms with Crippen LogP contribution in [0.5, 0.6) is 0 Å². The van der Waals surface area contributed by atoms with E-state index >= 15 is 0 Å². The Morgan fingerprint density at radius 3 is 2.07 bits per heavy atom. The molecular weight excluding hydrogens is 400 g/mol. The van der Waals surface area contributed by atoms with Gasteiger partial charge in [-0.05, 0) is 32.9 Å². The second-order valence-corrected chi connectivity index (χ2v) is 14.0. The minimum Gasteiger partial charge on any atom is -0.771 e. The molecule has 2 N–H and O–H groups in total. The molecule has 29 heavy (non-hydrogen) atoms. The molecule has 1 aliphatic rings. The predicted octanol–water partition coefficient (Wildman–Crippen LogP) is 1.80. The Morgan fingerprint density at radius 2 is 1.62 bits per heavy atom. The van der Waals surface area contributed by atoms with Crippen LogP contribution in [0, 0.1) is 0 Å². The highest BCUT2D eigenvalue weighted by atomic mass is 32.2. The minimum absolute atomic E-state index is 0.00245. The fourth-order valence-corrected chi connectivity index (χ4v) is 9.66. The summed E-state index contributed by atoms with van der Waals surface area (Å²) < 4.78 is 29.5. The molecular formula is C22H31N2O3SSi-. The lowest BCUT2D eigenvalue weighted by Crippen LogP contribution is -2.67. The quantitative estimate of drug-likeness (QED) is 0.534. The van der Waals surface area contributed by atoms with Crippen molar-refractivity contribution in [3.63, 3.8) is 0 Å². The van der Waals surface area contributed by atoms with Gasteiger partial charge in [-0.3, -0.25) is 9.11 Å². The van der Waals surface area contributed by atoms with Crippen LogP contribution in [-0.2, 0) is 15.5 Å². The van der Waals surface area contributed by atoms with E-state index in [1.807, 2.05) is 17.0 Å². The average Bonchev–Trinajstić information content (AvgIpc) is 3.01. The van der Waals surface area contributed by atoms with Gasteiger partial charge in [0.1, 0.15) is 0 Å². The van der Waals surface area contributed by atoms with E-state index in [1.54, 1.807) is 0 Å². The predicted molar refractivity (Wildman–Crippen MR) is 120 cm³/mol. The molecule has 3 atom stereocenters. The molecule has 7 heteroatoms. The number of likely N-dealkylation sites (tertiary alicyclic amines) is 1. The Balaban J connectivity index is 1.99. The summed E-state index contributed by atoms with van der Waals surface area (Å²) >= 11 is -2.13. The van der Waals surface area contributed by atoms with E-state index in [0.29, 0.717) is 13.2 Å². The number of hydrogen-bond donors (Lipinski definition) is 1. The zero-order valence-corrected chi connectivity index (χ0v) is 19.2. The molecule has 0 radical (unpaired) electrons. The molecule has 158 valence electrons. The van der Waals surface area contributed by atoms with Gasteiger partial charge < -0.3 is 14.7 Å². The molecule has 1 unspecified atom stereocenters. The Labute approximate surface area is 177 Å². The maximum atomic E-state index is 11.3. The van der Waals surface area contributed by atoms with Crippen molar-refractivity contribution in [2.45, 2.75) is 44.3 Å². The summed E-state index contributed by atoms with van der Waals surface area (Å²) in [5.41, 5.74) is 6.15. The third-order valence-electron chi connectivity index (χ3n) is 5.74. The normalized spacial score (nSPS) is 22.0. The number of rotatable bonds is 7. The van der Waals surface area contributed by atoms with Crippen molar-refractivity contribution in [1.29, 1.82) is 0 Å². The number of hydrogen-bond acceptors (Lipinski definition) is 5. The zero-order chi connectivity index (χ0) is 21.1. The summed E-state index contributed by atoms with van der Waals surface area (Å²) in [6.45, 7) is 7.78. The van der Waals surface area contributed by atoms with Crippen LogP contribution in [-0.4, -0.2) is 53.1 Å². The van der Waals surface area contributed by atoms with Gasteiger partial charge in [0.2, 0.25) is 0 Å². The molecule has 0 spiro atoms. The highest BCUT2D eigenvalue weighted by molar-refractivity contribution is 7.79. The average molecular weight is 432 g/mol. The van der Waals surface area contributed by atoms with Crippen molar-refractivity contribution in [2.75, 3.05) is 19.0 Å². The first kappa shape index (κ1) is 22.3. The first-order valence-corrected chi connectivity index (χ1v) is 13.2. The van der Waals surface area contributed by atoms with Crippen LogP contribution in [0.15, 0.2) is 60.7 Å². The molecule has 2 aromatic carbocycles. The van der Waals surface area contributed by atoms with Crippen LogP contribution < -0.4 is 16.1 Å². The molecule has 1 heterocycles. The minimum atomic E-state index is -2.63. The molecule has 0 bridgehead atoms. The van der Waals surface area contributed by atoms with Crippen LogP contribution in [0.1, 0.15) is 27.2 Å². The standard InChI is InChI=1S/C22H32N2O3SSi/c1-22(2,3)29(20-10-6-4-7-11-20,21-12-8-5-9-13-21)27-16-19-14-18(23)15-24(19)17-28(25)26/h4-13,18-19H,14-17,23H2,1-3H3,(H,25,26)/p-1/t18-,19+/m1/s1. The first-order chi connectivity index (χ1) is 13.7. The molecule has 5 nitrogen and oxygen atoms in total. The van der Waals surface area contributed by atoms with Crippen LogP contribution in [0.4, 0.5) is 0 Å². The summed E-state index contributed by atoms with van der Waals surface area (Å²) in [6.07, 6.45) is 0.745. The van der Waals surface area contributed by atoms with E-state index in [1.165, 1.54) is 10.4 Å². The van der Waals surface area contributed by atoms with Crippen molar-refractivity contribution < 1.29 is 13.2 Å². The van der Waals surface area contributed by atoms with Gasteiger partial charge in [-0.2, -0.15) is 0 Å². The molecule has 0 aromatic heterocycles. The Kier molecular flexibility index (Phi) is 7.09. The van der Waals surface area contributed by atoms with Crippen LogP contribution in [0.3, 0.4) is 0 Å². The summed E-state index contributed by atoms with van der Waals surface area (Å²) in [5.74, 6) is 0.00245. The van der Waals surface area contributed by atoms with Gasteiger partial charge in [0.25, 0.3) is 8.32 Å². The third-order valence-corrected chi connectivity index (χ3v) is 11.3. The topological polar surface area (TPSA) is 78.6 Å². The fourth-order valence-electron chi connectivity index (χ4n) is 4.47. The first-order valence-electron chi connectivity index (χ1n) is 10.0. The smallest absolute Gasteiger partial charge is 0.261 e. The largest absolute Gasteiger partial charge is 0.771 e. The Morgan fingerprint density at radius 1 is 1.10 bits per heavy atom. The van der Waals surface area contributed by atoms with Gasteiger partial charge >= 0.3 is 0 Å². The van der Waals surface area contributed by atoms with E-state index in [-0.39, 0.29) is 23.0 Å². The monoisotopic (exact) mass is 431 g/mol.